The number of hydrogen-bond acceptors (Lipinski definition) is 6. The van der Waals surface area contributed by atoms with Crippen LogP contribution in [0.2, 0.25) is 0 Å². The molecular weight excluding hydrogens is 257 g/mol. The SMILES string of the molecule is CC(=O)N(CCC=N)C1CNCC(COPO)O1. The van der Waals surface area contributed by atoms with E-state index in [9.17, 15) is 4.79 Å². The summed E-state index contributed by atoms with van der Waals surface area (Å²) >= 11 is 0. The van der Waals surface area contributed by atoms with Gasteiger partial charge >= 0.3 is 0 Å². The van der Waals surface area contributed by atoms with Gasteiger partial charge in [-0.3, -0.25) is 4.79 Å². The molecule has 0 aromatic heterocycles. The number of rotatable bonds is 7. The summed E-state index contributed by atoms with van der Waals surface area (Å²) in [4.78, 5) is 21.8. The molecule has 3 N–H and O–H groups in total. The van der Waals surface area contributed by atoms with Crippen molar-refractivity contribution in [2.45, 2.75) is 25.7 Å². The van der Waals surface area contributed by atoms with Gasteiger partial charge in [0, 0.05) is 26.6 Å². The van der Waals surface area contributed by atoms with Crippen molar-refractivity contribution < 1.29 is 18.9 Å². The van der Waals surface area contributed by atoms with Crippen molar-refractivity contribution in [1.29, 1.82) is 5.41 Å². The maximum atomic E-state index is 11.5. The van der Waals surface area contributed by atoms with Gasteiger partial charge in [-0.2, -0.15) is 0 Å². The minimum absolute atomic E-state index is 0.0748. The topological polar surface area (TPSA) is 94.9 Å². The lowest BCUT2D eigenvalue weighted by atomic mass is 10.2. The molecule has 0 aliphatic carbocycles. The summed E-state index contributed by atoms with van der Waals surface area (Å²) in [5.74, 6) is -0.0748. The average Bonchev–Trinajstić information content (AvgIpc) is 2.37. The number of nitrogens with zero attached hydrogens (tertiary/aromatic N) is 1. The molecule has 104 valence electrons. The Morgan fingerprint density at radius 2 is 2.50 bits per heavy atom. The van der Waals surface area contributed by atoms with E-state index in [-0.39, 0.29) is 18.2 Å². The summed E-state index contributed by atoms with van der Waals surface area (Å²) in [6.07, 6.45) is 1.27. The van der Waals surface area contributed by atoms with E-state index in [2.05, 4.69) is 5.32 Å². The number of amides is 1. The lowest BCUT2D eigenvalue weighted by molar-refractivity contribution is -0.158. The van der Waals surface area contributed by atoms with Gasteiger partial charge in [0.15, 0.2) is 9.03 Å². The molecule has 0 saturated carbocycles. The van der Waals surface area contributed by atoms with Gasteiger partial charge < -0.3 is 29.8 Å². The predicted octanol–water partition coefficient (Wildman–Crippen LogP) is -0.294. The molecular formula is C10H20N3O4P. The summed E-state index contributed by atoms with van der Waals surface area (Å²) in [5.41, 5.74) is 0. The van der Waals surface area contributed by atoms with Crippen molar-refractivity contribution >= 4 is 21.2 Å². The third-order valence-electron chi connectivity index (χ3n) is 2.64. The van der Waals surface area contributed by atoms with Crippen molar-refractivity contribution in [2.24, 2.45) is 0 Å². The second kappa shape index (κ2) is 8.50. The molecule has 8 heteroatoms. The Balaban J connectivity index is 2.50. The minimum atomic E-state index is -0.554. The van der Waals surface area contributed by atoms with E-state index < -0.39 is 9.03 Å². The number of ether oxygens (including phenoxy) is 1. The summed E-state index contributed by atoms with van der Waals surface area (Å²) in [5, 5.41) is 10.2. The maximum absolute atomic E-state index is 11.5. The van der Waals surface area contributed by atoms with Gasteiger partial charge in [0.05, 0.1) is 12.7 Å². The van der Waals surface area contributed by atoms with Gasteiger partial charge in [0.1, 0.15) is 6.23 Å². The van der Waals surface area contributed by atoms with Gasteiger partial charge in [0.2, 0.25) is 5.91 Å². The molecule has 1 aliphatic rings. The number of carbonyl (C=O) groups excluding carboxylic acids is 1. The third-order valence-corrected chi connectivity index (χ3v) is 2.94. The summed E-state index contributed by atoms with van der Waals surface area (Å²) < 4.78 is 10.7. The minimum Gasteiger partial charge on any atom is -0.352 e. The Morgan fingerprint density at radius 3 is 3.11 bits per heavy atom. The van der Waals surface area contributed by atoms with Crippen molar-refractivity contribution in [3.8, 4) is 0 Å². The molecule has 0 aromatic carbocycles. The van der Waals surface area contributed by atoms with Crippen LogP contribution in [0.25, 0.3) is 0 Å². The Morgan fingerprint density at radius 1 is 1.72 bits per heavy atom. The van der Waals surface area contributed by atoms with Crippen LogP contribution in [-0.2, 0) is 14.1 Å². The first-order chi connectivity index (χ1) is 8.69. The van der Waals surface area contributed by atoms with Gasteiger partial charge in [-0.1, -0.05) is 0 Å². The zero-order valence-corrected chi connectivity index (χ0v) is 11.4. The van der Waals surface area contributed by atoms with E-state index in [0.717, 1.165) is 0 Å². The van der Waals surface area contributed by atoms with E-state index >= 15 is 0 Å². The standard InChI is InChI=1S/C10H20N3O4P/c1-8(14)13(4-2-3-11)10-6-12-5-9(17-10)7-16-18-15/h3,9-12,15,18H,2,4-7H2,1H3. The number of morpholine rings is 1. The van der Waals surface area contributed by atoms with Crippen LogP contribution in [0.5, 0.6) is 0 Å². The molecule has 1 fully saturated rings. The van der Waals surface area contributed by atoms with E-state index in [1.54, 1.807) is 4.90 Å². The molecule has 1 amide bonds. The average molecular weight is 277 g/mol. The molecule has 1 aliphatic heterocycles. The van der Waals surface area contributed by atoms with Crippen LogP contribution >= 0.6 is 9.03 Å². The van der Waals surface area contributed by atoms with Crippen LogP contribution in [0.15, 0.2) is 0 Å². The largest absolute Gasteiger partial charge is 0.352 e. The summed E-state index contributed by atoms with van der Waals surface area (Å²) in [6, 6.07) is 0. The van der Waals surface area contributed by atoms with Crippen LogP contribution in [0.1, 0.15) is 13.3 Å². The second-order valence-corrected chi connectivity index (χ2v) is 4.45. The first-order valence-electron chi connectivity index (χ1n) is 5.82. The highest BCUT2D eigenvalue weighted by molar-refractivity contribution is 7.24. The molecule has 3 unspecified atom stereocenters. The third kappa shape index (κ3) is 4.96. The number of carbonyl (C=O) groups is 1. The lowest BCUT2D eigenvalue weighted by Gasteiger charge is -2.37. The fourth-order valence-electron chi connectivity index (χ4n) is 1.81. The number of nitrogens with one attached hydrogen (secondary N) is 2. The lowest BCUT2D eigenvalue weighted by Crippen LogP contribution is -2.55. The van der Waals surface area contributed by atoms with Gasteiger partial charge in [0.25, 0.3) is 0 Å². The van der Waals surface area contributed by atoms with Gasteiger partial charge in [-0.15, -0.1) is 0 Å². The maximum Gasteiger partial charge on any atom is 0.221 e. The van der Waals surface area contributed by atoms with Crippen LogP contribution in [0.4, 0.5) is 0 Å². The first kappa shape index (κ1) is 15.5. The van der Waals surface area contributed by atoms with Crippen LogP contribution in [0, 0.1) is 5.41 Å². The van der Waals surface area contributed by atoms with Crippen molar-refractivity contribution in [1.82, 2.24) is 10.2 Å². The van der Waals surface area contributed by atoms with Crippen LogP contribution in [0.3, 0.4) is 0 Å². The highest BCUT2D eigenvalue weighted by Gasteiger charge is 2.28. The Labute approximate surface area is 108 Å². The van der Waals surface area contributed by atoms with Gasteiger partial charge in [-0.25, -0.2) is 0 Å². The number of hydrogen-bond donors (Lipinski definition) is 3. The highest BCUT2D eigenvalue weighted by atomic mass is 31.1. The molecule has 3 atom stereocenters. The normalized spacial score (nSPS) is 24.3. The molecule has 0 spiro atoms. The molecule has 18 heavy (non-hydrogen) atoms. The molecule has 0 bridgehead atoms. The Hall–Kier alpha value is -0.590. The van der Waals surface area contributed by atoms with E-state index in [0.29, 0.717) is 32.7 Å². The first-order valence-corrected chi connectivity index (χ1v) is 6.67. The Bertz CT molecular complexity index is 280. The fourth-order valence-corrected chi connectivity index (χ4v) is 2.07. The molecule has 1 heterocycles. The van der Waals surface area contributed by atoms with Gasteiger partial charge in [-0.05, 0) is 12.6 Å². The van der Waals surface area contributed by atoms with Crippen molar-refractivity contribution in [3.05, 3.63) is 0 Å². The van der Waals surface area contributed by atoms with E-state index in [1.165, 1.54) is 13.1 Å². The highest BCUT2D eigenvalue weighted by Crippen LogP contribution is 2.13. The predicted molar refractivity (Wildman–Crippen MR) is 68.8 cm³/mol. The molecule has 1 saturated heterocycles. The molecule has 0 radical (unpaired) electrons. The fraction of sp³-hybridized carbons (Fsp3) is 0.800. The van der Waals surface area contributed by atoms with Crippen molar-refractivity contribution in [3.63, 3.8) is 0 Å². The summed E-state index contributed by atoms with van der Waals surface area (Å²) in [7, 11) is -0.554. The quantitative estimate of drug-likeness (QED) is 0.439. The van der Waals surface area contributed by atoms with E-state index in [1.807, 2.05) is 0 Å². The molecule has 1 rings (SSSR count). The monoisotopic (exact) mass is 277 g/mol. The zero-order chi connectivity index (χ0) is 13.4. The molecule has 7 nitrogen and oxygen atoms in total. The Kier molecular flexibility index (Phi) is 7.31. The van der Waals surface area contributed by atoms with E-state index in [4.69, 9.17) is 19.6 Å². The van der Waals surface area contributed by atoms with Crippen molar-refractivity contribution in [2.75, 3.05) is 26.2 Å². The molecule has 0 aromatic rings. The second-order valence-electron chi connectivity index (χ2n) is 3.98. The van der Waals surface area contributed by atoms with Crippen LogP contribution < -0.4 is 5.32 Å². The zero-order valence-electron chi connectivity index (χ0n) is 10.4. The smallest absolute Gasteiger partial charge is 0.221 e. The van der Waals surface area contributed by atoms with Crippen LogP contribution in [-0.4, -0.2) is 60.5 Å². The summed E-state index contributed by atoms with van der Waals surface area (Å²) in [6.45, 7) is 3.46.